The van der Waals surface area contributed by atoms with E-state index in [9.17, 15) is 29.3 Å². The second kappa shape index (κ2) is 10.6. The standard InChI is InChI=1S/C24H13Cl4N3O7/c1-38-12-6-4-5-11(9-12)15(32)10-29(22(33)13-7-2-3-8-14(13)31(36)37)30-23(34)16-17(24(30)35)19(26)21(28)20(27)18(16)25/h2-9H,10H2,1H3. The first-order valence-electron chi connectivity index (χ1n) is 10.5. The van der Waals surface area contributed by atoms with Gasteiger partial charge < -0.3 is 4.74 Å². The molecule has 0 aromatic heterocycles. The van der Waals surface area contributed by atoms with E-state index in [1.807, 2.05) is 0 Å². The summed E-state index contributed by atoms with van der Waals surface area (Å²) in [7, 11) is 1.39. The smallest absolute Gasteiger partial charge is 0.282 e. The zero-order valence-electron chi connectivity index (χ0n) is 19.0. The van der Waals surface area contributed by atoms with Gasteiger partial charge in [-0.15, -0.1) is 0 Å². The molecule has 10 nitrogen and oxygen atoms in total. The fraction of sp³-hybridized carbons (Fsp3) is 0.0833. The van der Waals surface area contributed by atoms with E-state index in [2.05, 4.69) is 0 Å². The minimum Gasteiger partial charge on any atom is -0.497 e. The lowest BCUT2D eigenvalue weighted by Crippen LogP contribution is -2.51. The molecule has 38 heavy (non-hydrogen) atoms. The highest BCUT2D eigenvalue weighted by Crippen LogP contribution is 2.45. The van der Waals surface area contributed by atoms with Crippen molar-refractivity contribution in [2.45, 2.75) is 0 Å². The molecule has 0 bridgehead atoms. The van der Waals surface area contributed by atoms with Crippen molar-refractivity contribution >= 4 is 75.6 Å². The third kappa shape index (κ3) is 4.56. The number of rotatable bonds is 7. The van der Waals surface area contributed by atoms with E-state index >= 15 is 0 Å². The van der Waals surface area contributed by atoms with Gasteiger partial charge in [-0.3, -0.25) is 29.3 Å². The molecule has 4 rings (SSSR count). The number of amides is 3. The molecule has 0 fully saturated rings. The third-order valence-corrected chi connectivity index (χ3v) is 7.37. The fourth-order valence-electron chi connectivity index (χ4n) is 3.77. The minimum atomic E-state index is -1.19. The number of halogens is 4. The van der Waals surface area contributed by atoms with Crippen LogP contribution in [0, 0.1) is 10.1 Å². The van der Waals surface area contributed by atoms with Crippen LogP contribution in [0.2, 0.25) is 20.1 Å². The van der Waals surface area contributed by atoms with Gasteiger partial charge in [0, 0.05) is 11.6 Å². The number of hydrogen-bond donors (Lipinski definition) is 0. The molecule has 0 saturated heterocycles. The Hall–Kier alpha value is -3.70. The number of benzene rings is 3. The molecule has 194 valence electrons. The first-order valence-corrected chi connectivity index (χ1v) is 12.0. The number of carbonyl (C=O) groups is 4. The van der Waals surface area contributed by atoms with Crippen molar-refractivity contribution in [1.82, 2.24) is 10.0 Å². The van der Waals surface area contributed by atoms with Gasteiger partial charge in [0.1, 0.15) is 17.9 Å². The number of nitro groups is 1. The number of carbonyl (C=O) groups excluding carboxylic acids is 4. The summed E-state index contributed by atoms with van der Waals surface area (Å²) >= 11 is 24.5. The van der Waals surface area contributed by atoms with Crippen molar-refractivity contribution in [3.05, 3.63) is 101 Å². The number of Topliss-reactive ketones (excluding diaryl/α,β-unsaturated/α-hetero) is 1. The lowest BCUT2D eigenvalue weighted by molar-refractivity contribution is -0.385. The first-order chi connectivity index (χ1) is 18.0. The van der Waals surface area contributed by atoms with E-state index in [-0.39, 0.29) is 15.6 Å². The Balaban J connectivity index is 1.86. The molecule has 0 aliphatic carbocycles. The van der Waals surface area contributed by atoms with Gasteiger partial charge in [-0.05, 0) is 18.2 Å². The average Bonchev–Trinajstić information content (AvgIpc) is 3.18. The zero-order chi connectivity index (χ0) is 27.9. The van der Waals surface area contributed by atoms with Gasteiger partial charge in [0.15, 0.2) is 5.78 Å². The summed E-state index contributed by atoms with van der Waals surface area (Å²) in [5, 5.41) is 11.0. The molecule has 14 heteroatoms. The lowest BCUT2D eigenvalue weighted by Gasteiger charge is -2.29. The SMILES string of the molecule is COc1cccc(C(=O)CN(C(=O)c2ccccc2[N+](=O)[O-])N2C(=O)c3c(Cl)c(Cl)c(Cl)c(Cl)c3C2=O)c1. The van der Waals surface area contributed by atoms with Gasteiger partial charge in [-0.2, -0.15) is 5.01 Å². The number of nitrogens with zero attached hydrogens (tertiary/aromatic N) is 3. The van der Waals surface area contributed by atoms with Crippen molar-refractivity contribution < 1.29 is 28.8 Å². The Morgan fingerprint density at radius 3 is 2.05 bits per heavy atom. The average molecular weight is 597 g/mol. The quantitative estimate of drug-likeness (QED) is 0.0848. The van der Waals surface area contributed by atoms with Gasteiger partial charge in [0.2, 0.25) is 0 Å². The first kappa shape index (κ1) is 27.3. The maximum Gasteiger partial charge on any atom is 0.282 e. The van der Waals surface area contributed by atoms with Crippen LogP contribution in [0.5, 0.6) is 5.75 Å². The molecule has 1 heterocycles. The van der Waals surface area contributed by atoms with Crippen LogP contribution in [-0.4, -0.2) is 52.1 Å². The predicted octanol–water partition coefficient (Wildman–Crippen LogP) is 5.75. The maximum atomic E-state index is 13.7. The largest absolute Gasteiger partial charge is 0.497 e. The van der Waals surface area contributed by atoms with E-state index in [4.69, 9.17) is 51.1 Å². The Kier molecular flexibility index (Phi) is 7.61. The van der Waals surface area contributed by atoms with Gasteiger partial charge in [0.25, 0.3) is 23.4 Å². The van der Waals surface area contributed by atoms with E-state index in [0.29, 0.717) is 15.8 Å². The summed E-state index contributed by atoms with van der Waals surface area (Å²) in [6, 6.07) is 10.8. The molecule has 0 radical (unpaired) electrons. The van der Waals surface area contributed by atoms with Crippen LogP contribution >= 0.6 is 46.4 Å². The molecule has 0 spiro atoms. The Morgan fingerprint density at radius 1 is 0.921 bits per heavy atom. The lowest BCUT2D eigenvalue weighted by atomic mass is 10.1. The van der Waals surface area contributed by atoms with Crippen LogP contribution < -0.4 is 4.74 Å². The van der Waals surface area contributed by atoms with Crippen LogP contribution in [0.3, 0.4) is 0 Å². The number of nitro benzene ring substituents is 1. The molecule has 3 aromatic carbocycles. The van der Waals surface area contributed by atoms with Crippen LogP contribution in [0.4, 0.5) is 5.69 Å². The summed E-state index contributed by atoms with van der Waals surface area (Å²) < 4.78 is 5.11. The number of ketones is 1. The van der Waals surface area contributed by atoms with Crippen molar-refractivity contribution in [2.24, 2.45) is 0 Å². The molecule has 1 aliphatic heterocycles. The van der Waals surface area contributed by atoms with E-state index in [1.54, 1.807) is 6.07 Å². The number of para-hydroxylation sites is 1. The van der Waals surface area contributed by atoms with Crippen molar-refractivity contribution in [2.75, 3.05) is 13.7 Å². The minimum absolute atomic E-state index is 0.0727. The Morgan fingerprint density at radius 2 is 1.50 bits per heavy atom. The van der Waals surface area contributed by atoms with Crippen LogP contribution in [0.15, 0.2) is 48.5 Å². The highest BCUT2D eigenvalue weighted by Gasteiger charge is 2.47. The van der Waals surface area contributed by atoms with Gasteiger partial charge >= 0.3 is 0 Å². The number of methoxy groups -OCH3 is 1. The molecule has 0 N–H and O–H groups in total. The molecule has 1 aliphatic rings. The molecular weight excluding hydrogens is 584 g/mol. The number of hydrogen-bond acceptors (Lipinski definition) is 7. The summed E-state index contributed by atoms with van der Waals surface area (Å²) in [5.41, 5.74) is -1.91. The van der Waals surface area contributed by atoms with Gasteiger partial charge in [0.05, 0.1) is 43.3 Å². The van der Waals surface area contributed by atoms with Crippen LogP contribution in [0.25, 0.3) is 0 Å². The molecule has 0 unspecified atom stereocenters. The Bertz CT molecular complexity index is 1510. The van der Waals surface area contributed by atoms with Gasteiger partial charge in [-0.25, -0.2) is 5.01 Å². The monoisotopic (exact) mass is 595 g/mol. The van der Waals surface area contributed by atoms with Crippen molar-refractivity contribution in [3.8, 4) is 5.75 Å². The summed E-state index contributed by atoms with van der Waals surface area (Å²) in [5.74, 6) is -3.86. The van der Waals surface area contributed by atoms with Crippen LogP contribution in [-0.2, 0) is 0 Å². The second-order valence-corrected chi connectivity index (χ2v) is 9.23. The molecule has 3 amide bonds. The van der Waals surface area contributed by atoms with Gasteiger partial charge in [-0.1, -0.05) is 70.7 Å². The maximum absolute atomic E-state index is 13.7. The molecule has 3 aromatic rings. The predicted molar refractivity (Wildman–Crippen MR) is 138 cm³/mol. The Labute approximate surface area is 234 Å². The molecule has 0 saturated carbocycles. The van der Waals surface area contributed by atoms with Crippen molar-refractivity contribution in [1.29, 1.82) is 0 Å². The normalized spacial score (nSPS) is 12.4. The third-order valence-electron chi connectivity index (χ3n) is 5.57. The number of fused-ring (bicyclic) bond motifs is 1. The highest BCUT2D eigenvalue weighted by atomic mass is 35.5. The number of imide groups is 1. The second-order valence-electron chi connectivity index (χ2n) is 7.72. The molecule has 0 atom stereocenters. The fourth-order valence-corrected chi connectivity index (χ4v) is 4.78. The topological polar surface area (TPSA) is 127 Å². The number of ether oxygens (including phenoxy) is 1. The van der Waals surface area contributed by atoms with Crippen molar-refractivity contribution in [3.63, 3.8) is 0 Å². The summed E-state index contributed by atoms with van der Waals surface area (Å²) in [6.07, 6.45) is 0. The van der Waals surface area contributed by atoms with Crippen LogP contribution in [0.1, 0.15) is 41.4 Å². The van der Waals surface area contributed by atoms with E-state index in [1.165, 1.54) is 37.4 Å². The van der Waals surface area contributed by atoms with E-state index < -0.39 is 67.4 Å². The summed E-state index contributed by atoms with van der Waals surface area (Å²) in [4.78, 5) is 64.6. The zero-order valence-corrected chi connectivity index (χ0v) is 22.1. The molecular formula is C24H13Cl4N3O7. The van der Waals surface area contributed by atoms with E-state index in [0.717, 1.165) is 12.1 Å². The highest BCUT2D eigenvalue weighted by molar-refractivity contribution is 6.55. The summed E-state index contributed by atoms with van der Waals surface area (Å²) in [6.45, 7) is -0.875. The number of hydrazine groups is 1.